The molecule has 1 heterocycles. The van der Waals surface area contributed by atoms with Crippen molar-refractivity contribution in [3.63, 3.8) is 0 Å². The topological polar surface area (TPSA) is 50.9 Å². The van der Waals surface area contributed by atoms with Gasteiger partial charge in [0.15, 0.2) is 0 Å². The highest BCUT2D eigenvalue weighted by molar-refractivity contribution is 6.35. The summed E-state index contributed by atoms with van der Waals surface area (Å²) in [6.07, 6.45) is 8.94. The van der Waals surface area contributed by atoms with Crippen molar-refractivity contribution in [3.8, 4) is 0 Å². The Morgan fingerprint density at radius 2 is 1.88 bits per heavy atom. The van der Waals surface area contributed by atoms with Crippen LogP contribution in [0.1, 0.15) is 62.8 Å². The number of benzene rings is 1. The third-order valence-electron chi connectivity index (χ3n) is 4.07. The summed E-state index contributed by atoms with van der Waals surface area (Å²) in [5, 5.41) is 19.7. The molecular weight excluding hydrogens is 345 g/mol. The maximum atomic E-state index is 10.3. The van der Waals surface area contributed by atoms with Gasteiger partial charge in [0, 0.05) is 23.0 Å². The van der Waals surface area contributed by atoms with Crippen LogP contribution in [0.15, 0.2) is 24.4 Å². The average molecular weight is 370 g/mol. The second kappa shape index (κ2) is 10.0. The Morgan fingerprint density at radius 3 is 2.62 bits per heavy atom. The van der Waals surface area contributed by atoms with Crippen LogP contribution in [0.5, 0.6) is 0 Å². The van der Waals surface area contributed by atoms with E-state index in [0.717, 1.165) is 18.5 Å². The Morgan fingerprint density at radius 1 is 1.12 bits per heavy atom. The first kappa shape index (κ1) is 19.2. The number of aromatic nitrogens is 3. The second-order valence-electron chi connectivity index (χ2n) is 6.13. The molecule has 6 heteroatoms. The molecule has 132 valence electrons. The van der Waals surface area contributed by atoms with Crippen molar-refractivity contribution in [2.45, 2.75) is 64.5 Å². The maximum Gasteiger partial charge on any atom is 0.112 e. The predicted octanol–water partition coefficient (Wildman–Crippen LogP) is 5.22. The largest absolute Gasteiger partial charge is 0.386 e. The molecule has 0 amide bonds. The van der Waals surface area contributed by atoms with Crippen LogP contribution in [0.3, 0.4) is 0 Å². The van der Waals surface area contributed by atoms with Gasteiger partial charge in [0.25, 0.3) is 0 Å². The number of aliphatic hydroxyl groups is 1. The first-order valence-electron chi connectivity index (χ1n) is 8.62. The van der Waals surface area contributed by atoms with Gasteiger partial charge in [0.2, 0.25) is 0 Å². The van der Waals surface area contributed by atoms with Gasteiger partial charge in [0.05, 0.1) is 6.20 Å². The van der Waals surface area contributed by atoms with E-state index >= 15 is 0 Å². The second-order valence-corrected chi connectivity index (χ2v) is 6.97. The number of hydrogen-bond donors (Lipinski definition) is 1. The van der Waals surface area contributed by atoms with E-state index in [-0.39, 0.29) is 0 Å². The molecule has 1 aromatic carbocycles. The van der Waals surface area contributed by atoms with Crippen LogP contribution < -0.4 is 0 Å². The van der Waals surface area contributed by atoms with E-state index < -0.39 is 6.10 Å². The van der Waals surface area contributed by atoms with Gasteiger partial charge >= 0.3 is 0 Å². The van der Waals surface area contributed by atoms with Gasteiger partial charge in [-0.2, -0.15) is 0 Å². The molecule has 0 saturated carbocycles. The molecule has 2 rings (SSSR count). The van der Waals surface area contributed by atoms with E-state index in [1.54, 1.807) is 12.1 Å². The van der Waals surface area contributed by atoms with Gasteiger partial charge in [-0.05, 0) is 24.1 Å². The fourth-order valence-corrected chi connectivity index (χ4v) is 3.12. The minimum Gasteiger partial charge on any atom is -0.386 e. The molecule has 0 bridgehead atoms. The molecule has 2 aromatic rings. The summed E-state index contributed by atoms with van der Waals surface area (Å²) >= 11 is 12.0. The smallest absolute Gasteiger partial charge is 0.112 e. The Balaban J connectivity index is 1.81. The lowest BCUT2D eigenvalue weighted by molar-refractivity contribution is 0.173. The normalized spacial score (nSPS) is 12.5. The SMILES string of the molecule is CCCCCCCCn1cc(C(O)Cc2ccc(Cl)cc2Cl)nn1. The zero-order valence-electron chi connectivity index (χ0n) is 14.1. The van der Waals surface area contributed by atoms with Crippen molar-refractivity contribution in [1.82, 2.24) is 15.0 Å². The molecule has 0 aliphatic rings. The zero-order chi connectivity index (χ0) is 17.4. The van der Waals surface area contributed by atoms with Crippen LogP contribution in [0.25, 0.3) is 0 Å². The molecule has 0 spiro atoms. The van der Waals surface area contributed by atoms with Gasteiger partial charge in [-0.3, -0.25) is 4.68 Å². The van der Waals surface area contributed by atoms with Gasteiger partial charge < -0.3 is 5.11 Å². The number of hydrogen-bond acceptors (Lipinski definition) is 3. The predicted molar refractivity (Wildman–Crippen MR) is 98.5 cm³/mol. The molecule has 1 atom stereocenters. The lowest BCUT2D eigenvalue weighted by atomic mass is 10.1. The maximum absolute atomic E-state index is 10.3. The molecule has 24 heavy (non-hydrogen) atoms. The monoisotopic (exact) mass is 369 g/mol. The average Bonchev–Trinajstić information content (AvgIpc) is 3.02. The molecule has 4 nitrogen and oxygen atoms in total. The van der Waals surface area contributed by atoms with Gasteiger partial charge in [-0.1, -0.05) is 73.5 Å². The highest BCUT2D eigenvalue weighted by Gasteiger charge is 2.15. The number of halogens is 2. The summed E-state index contributed by atoms with van der Waals surface area (Å²) < 4.78 is 1.81. The van der Waals surface area contributed by atoms with E-state index in [1.807, 2.05) is 16.9 Å². The molecule has 0 radical (unpaired) electrons. The van der Waals surface area contributed by atoms with Crippen LogP contribution in [-0.4, -0.2) is 20.1 Å². The number of aryl methyl sites for hydroxylation is 1. The van der Waals surface area contributed by atoms with Crippen molar-refractivity contribution >= 4 is 23.2 Å². The van der Waals surface area contributed by atoms with Crippen molar-refractivity contribution in [2.75, 3.05) is 0 Å². The summed E-state index contributed by atoms with van der Waals surface area (Å²) in [7, 11) is 0. The van der Waals surface area contributed by atoms with E-state index in [2.05, 4.69) is 17.2 Å². The lowest BCUT2D eigenvalue weighted by Crippen LogP contribution is -2.03. The highest BCUT2D eigenvalue weighted by Crippen LogP contribution is 2.25. The number of unbranched alkanes of at least 4 members (excludes halogenated alkanes) is 5. The van der Waals surface area contributed by atoms with Gasteiger partial charge in [-0.25, -0.2) is 0 Å². The Kier molecular flexibility index (Phi) is 8.03. The quantitative estimate of drug-likeness (QED) is 0.583. The molecule has 0 aliphatic heterocycles. The third kappa shape index (κ3) is 6.08. The minimum absolute atomic E-state index is 0.395. The molecule has 0 aliphatic carbocycles. The zero-order valence-corrected chi connectivity index (χ0v) is 15.6. The van der Waals surface area contributed by atoms with Gasteiger partial charge in [-0.15, -0.1) is 5.10 Å². The molecule has 1 N–H and O–H groups in total. The molecule has 1 aromatic heterocycles. The lowest BCUT2D eigenvalue weighted by Gasteiger charge is -2.09. The summed E-state index contributed by atoms with van der Waals surface area (Å²) in [6, 6.07) is 5.28. The van der Waals surface area contributed by atoms with Crippen molar-refractivity contribution < 1.29 is 5.11 Å². The standard InChI is InChI=1S/C18H25Cl2N3O/c1-2-3-4-5-6-7-10-23-13-17(21-22-23)18(24)11-14-8-9-15(19)12-16(14)20/h8-9,12-13,18,24H,2-7,10-11H2,1H3. The fourth-order valence-electron chi connectivity index (χ4n) is 2.63. The van der Waals surface area contributed by atoms with E-state index in [4.69, 9.17) is 23.2 Å². The van der Waals surface area contributed by atoms with Crippen molar-refractivity contribution in [2.24, 2.45) is 0 Å². The first-order valence-corrected chi connectivity index (χ1v) is 9.37. The highest BCUT2D eigenvalue weighted by atomic mass is 35.5. The number of aliphatic hydroxyl groups excluding tert-OH is 1. The Labute approximate surface area is 153 Å². The molecule has 1 unspecified atom stereocenters. The summed E-state index contributed by atoms with van der Waals surface area (Å²) in [4.78, 5) is 0. The summed E-state index contributed by atoms with van der Waals surface area (Å²) in [5.74, 6) is 0. The van der Waals surface area contributed by atoms with E-state index in [1.165, 1.54) is 32.1 Å². The van der Waals surface area contributed by atoms with E-state index in [9.17, 15) is 5.11 Å². The van der Waals surface area contributed by atoms with Gasteiger partial charge in [0.1, 0.15) is 11.8 Å². The Bertz CT molecular complexity index is 630. The first-order chi connectivity index (χ1) is 11.6. The van der Waals surface area contributed by atoms with Crippen LogP contribution in [-0.2, 0) is 13.0 Å². The minimum atomic E-state index is -0.720. The third-order valence-corrected chi connectivity index (χ3v) is 4.65. The summed E-state index contributed by atoms with van der Waals surface area (Å²) in [5.41, 5.74) is 1.42. The molecule has 0 fully saturated rings. The number of nitrogens with zero attached hydrogens (tertiary/aromatic N) is 3. The Hall–Kier alpha value is -1.10. The van der Waals surface area contributed by atoms with Crippen molar-refractivity contribution in [1.29, 1.82) is 0 Å². The molecular formula is C18H25Cl2N3O. The molecule has 0 saturated heterocycles. The fraction of sp³-hybridized carbons (Fsp3) is 0.556. The number of rotatable bonds is 10. The summed E-state index contributed by atoms with van der Waals surface area (Å²) in [6.45, 7) is 3.06. The van der Waals surface area contributed by atoms with Crippen LogP contribution in [0, 0.1) is 0 Å². The van der Waals surface area contributed by atoms with Crippen LogP contribution in [0.4, 0.5) is 0 Å². The van der Waals surface area contributed by atoms with Crippen LogP contribution >= 0.6 is 23.2 Å². The van der Waals surface area contributed by atoms with E-state index in [0.29, 0.717) is 22.2 Å². The van der Waals surface area contributed by atoms with Crippen molar-refractivity contribution in [3.05, 3.63) is 45.7 Å². The van der Waals surface area contributed by atoms with Crippen LogP contribution in [0.2, 0.25) is 10.0 Å².